The molecule has 0 saturated heterocycles. The van der Waals surface area contributed by atoms with Crippen molar-refractivity contribution in [3.8, 4) is 0 Å². The molecule has 0 unspecified atom stereocenters. The number of halogens is 3. The second-order valence-corrected chi connectivity index (χ2v) is 5.39. The van der Waals surface area contributed by atoms with Crippen molar-refractivity contribution in [3.05, 3.63) is 35.4 Å². The number of alkyl halides is 3. The highest BCUT2D eigenvalue weighted by molar-refractivity contribution is 5.95. The van der Waals surface area contributed by atoms with E-state index in [2.05, 4.69) is 5.32 Å². The summed E-state index contributed by atoms with van der Waals surface area (Å²) in [5, 5.41) is 2.74. The van der Waals surface area contributed by atoms with E-state index in [1.165, 1.54) is 0 Å². The molecular formula is C15H18F3NO. The number of hydrogen-bond donors (Lipinski definition) is 1. The Kier molecular flexibility index (Phi) is 4.35. The van der Waals surface area contributed by atoms with Crippen molar-refractivity contribution in [2.24, 2.45) is 5.92 Å². The topological polar surface area (TPSA) is 29.1 Å². The zero-order valence-corrected chi connectivity index (χ0v) is 11.3. The average molecular weight is 285 g/mol. The summed E-state index contributed by atoms with van der Waals surface area (Å²) in [6, 6.07) is 6.69. The Morgan fingerprint density at radius 1 is 1.25 bits per heavy atom. The van der Waals surface area contributed by atoms with Gasteiger partial charge < -0.3 is 5.32 Å². The predicted molar refractivity (Wildman–Crippen MR) is 70.4 cm³/mol. The molecule has 20 heavy (non-hydrogen) atoms. The monoisotopic (exact) mass is 285 g/mol. The summed E-state index contributed by atoms with van der Waals surface area (Å²) >= 11 is 0. The van der Waals surface area contributed by atoms with Gasteiger partial charge in [0.1, 0.15) is 0 Å². The number of nitrogens with one attached hydrogen (secondary N) is 1. The number of rotatable bonds is 2. The third kappa shape index (κ3) is 3.52. The Bertz CT molecular complexity index is 484. The van der Waals surface area contributed by atoms with E-state index < -0.39 is 12.1 Å². The SMILES string of the molecule is Cc1ccccc1C(=O)N[C@@H]1CCC[C@@H](C(F)(F)F)C1. The van der Waals surface area contributed by atoms with Crippen LogP contribution in [0.15, 0.2) is 24.3 Å². The average Bonchev–Trinajstić information content (AvgIpc) is 2.38. The fourth-order valence-electron chi connectivity index (χ4n) is 2.71. The molecule has 1 aromatic rings. The Morgan fingerprint density at radius 3 is 2.60 bits per heavy atom. The highest BCUT2D eigenvalue weighted by Gasteiger charge is 2.42. The Hall–Kier alpha value is -1.52. The summed E-state index contributed by atoms with van der Waals surface area (Å²) in [4.78, 5) is 12.1. The molecule has 0 heterocycles. The summed E-state index contributed by atoms with van der Waals surface area (Å²) in [5.41, 5.74) is 1.36. The lowest BCUT2D eigenvalue weighted by Crippen LogP contribution is -2.41. The van der Waals surface area contributed by atoms with Crippen LogP contribution in [0.3, 0.4) is 0 Å². The predicted octanol–water partition coefficient (Wildman–Crippen LogP) is 3.85. The fourth-order valence-corrected chi connectivity index (χ4v) is 2.71. The van der Waals surface area contributed by atoms with Crippen LogP contribution in [0.5, 0.6) is 0 Å². The van der Waals surface area contributed by atoms with Crippen molar-refractivity contribution in [1.82, 2.24) is 5.32 Å². The third-order valence-corrected chi connectivity index (χ3v) is 3.86. The van der Waals surface area contributed by atoms with E-state index in [0.29, 0.717) is 18.4 Å². The van der Waals surface area contributed by atoms with Crippen LogP contribution >= 0.6 is 0 Å². The van der Waals surface area contributed by atoms with Crippen LogP contribution in [0.2, 0.25) is 0 Å². The second kappa shape index (κ2) is 5.85. The van der Waals surface area contributed by atoms with E-state index in [4.69, 9.17) is 0 Å². The molecule has 1 N–H and O–H groups in total. The van der Waals surface area contributed by atoms with Gasteiger partial charge in [0.05, 0.1) is 5.92 Å². The molecule has 2 nitrogen and oxygen atoms in total. The number of carbonyl (C=O) groups excluding carboxylic acids is 1. The van der Waals surface area contributed by atoms with Crippen LogP contribution in [0.25, 0.3) is 0 Å². The molecule has 1 amide bonds. The van der Waals surface area contributed by atoms with E-state index in [1.807, 2.05) is 19.1 Å². The van der Waals surface area contributed by atoms with Crippen molar-refractivity contribution in [2.45, 2.75) is 44.8 Å². The van der Waals surface area contributed by atoms with Gasteiger partial charge in [-0.2, -0.15) is 13.2 Å². The number of carbonyl (C=O) groups is 1. The van der Waals surface area contributed by atoms with Gasteiger partial charge in [-0.1, -0.05) is 24.6 Å². The number of amides is 1. The van der Waals surface area contributed by atoms with Gasteiger partial charge >= 0.3 is 6.18 Å². The van der Waals surface area contributed by atoms with Crippen LogP contribution in [-0.4, -0.2) is 18.1 Å². The lowest BCUT2D eigenvalue weighted by atomic mass is 9.85. The molecule has 0 aliphatic heterocycles. The summed E-state index contributed by atoms with van der Waals surface area (Å²) in [7, 11) is 0. The van der Waals surface area contributed by atoms with Crippen LogP contribution in [0, 0.1) is 12.8 Å². The molecule has 0 aromatic heterocycles. The molecule has 0 bridgehead atoms. The number of aryl methyl sites for hydroxylation is 1. The summed E-state index contributed by atoms with van der Waals surface area (Å²) in [5.74, 6) is -1.57. The summed E-state index contributed by atoms with van der Waals surface area (Å²) in [6.07, 6.45) is -2.89. The lowest BCUT2D eigenvalue weighted by molar-refractivity contribution is -0.183. The van der Waals surface area contributed by atoms with E-state index in [-0.39, 0.29) is 24.8 Å². The molecular weight excluding hydrogens is 267 g/mol. The summed E-state index contributed by atoms with van der Waals surface area (Å²) in [6.45, 7) is 1.81. The first kappa shape index (κ1) is 14.9. The molecule has 5 heteroatoms. The molecule has 1 fully saturated rings. The Labute approximate surface area is 116 Å². The zero-order valence-electron chi connectivity index (χ0n) is 11.3. The molecule has 2 rings (SSSR count). The zero-order chi connectivity index (χ0) is 14.8. The van der Waals surface area contributed by atoms with Gasteiger partial charge in [-0.25, -0.2) is 0 Å². The lowest BCUT2D eigenvalue weighted by Gasteiger charge is -2.31. The minimum atomic E-state index is -4.16. The molecule has 0 radical (unpaired) electrons. The highest BCUT2D eigenvalue weighted by Crippen LogP contribution is 2.37. The summed E-state index contributed by atoms with van der Waals surface area (Å²) < 4.78 is 38.2. The molecule has 1 aliphatic rings. The Morgan fingerprint density at radius 2 is 1.95 bits per heavy atom. The first-order valence-electron chi connectivity index (χ1n) is 6.81. The second-order valence-electron chi connectivity index (χ2n) is 5.39. The first-order valence-corrected chi connectivity index (χ1v) is 6.81. The maximum atomic E-state index is 12.7. The standard InChI is InChI=1S/C15H18F3NO/c1-10-5-2-3-8-13(10)14(20)19-12-7-4-6-11(9-12)15(16,17)18/h2-3,5,8,11-12H,4,6-7,9H2,1H3,(H,19,20)/t11-,12-/m1/s1. The van der Waals surface area contributed by atoms with Crippen molar-refractivity contribution in [1.29, 1.82) is 0 Å². The number of hydrogen-bond acceptors (Lipinski definition) is 1. The maximum absolute atomic E-state index is 12.7. The molecule has 0 spiro atoms. The van der Waals surface area contributed by atoms with Gasteiger partial charge in [0, 0.05) is 11.6 Å². The van der Waals surface area contributed by atoms with Crippen molar-refractivity contribution in [2.75, 3.05) is 0 Å². The van der Waals surface area contributed by atoms with Gasteiger partial charge in [-0.15, -0.1) is 0 Å². The van der Waals surface area contributed by atoms with Crippen molar-refractivity contribution in [3.63, 3.8) is 0 Å². The smallest absolute Gasteiger partial charge is 0.349 e. The van der Waals surface area contributed by atoms with Crippen LogP contribution < -0.4 is 5.32 Å². The van der Waals surface area contributed by atoms with E-state index in [9.17, 15) is 18.0 Å². The fraction of sp³-hybridized carbons (Fsp3) is 0.533. The molecule has 2 atom stereocenters. The highest BCUT2D eigenvalue weighted by atomic mass is 19.4. The number of benzene rings is 1. The quantitative estimate of drug-likeness (QED) is 0.878. The Balaban J connectivity index is 2.00. The van der Waals surface area contributed by atoms with E-state index in [1.54, 1.807) is 12.1 Å². The van der Waals surface area contributed by atoms with Gasteiger partial charge in [0.25, 0.3) is 5.91 Å². The molecule has 1 aliphatic carbocycles. The minimum absolute atomic E-state index is 0.0128. The molecule has 1 aromatic carbocycles. The largest absolute Gasteiger partial charge is 0.391 e. The van der Waals surface area contributed by atoms with Gasteiger partial charge in [-0.05, 0) is 37.8 Å². The van der Waals surface area contributed by atoms with Crippen molar-refractivity contribution >= 4 is 5.91 Å². The minimum Gasteiger partial charge on any atom is -0.349 e. The van der Waals surface area contributed by atoms with Gasteiger partial charge in [-0.3, -0.25) is 4.79 Å². The van der Waals surface area contributed by atoms with Crippen LogP contribution in [0.1, 0.15) is 41.6 Å². The maximum Gasteiger partial charge on any atom is 0.391 e. The van der Waals surface area contributed by atoms with Gasteiger partial charge in [0.15, 0.2) is 0 Å². The van der Waals surface area contributed by atoms with E-state index in [0.717, 1.165) is 5.56 Å². The van der Waals surface area contributed by atoms with Crippen molar-refractivity contribution < 1.29 is 18.0 Å². The normalized spacial score (nSPS) is 23.4. The van der Waals surface area contributed by atoms with E-state index >= 15 is 0 Å². The molecule has 1 saturated carbocycles. The van der Waals surface area contributed by atoms with Gasteiger partial charge in [0.2, 0.25) is 0 Å². The third-order valence-electron chi connectivity index (χ3n) is 3.86. The van der Waals surface area contributed by atoms with Crippen LogP contribution in [-0.2, 0) is 0 Å². The molecule has 110 valence electrons. The first-order chi connectivity index (χ1) is 9.38. The van der Waals surface area contributed by atoms with Crippen LogP contribution in [0.4, 0.5) is 13.2 Å².